The van der Waals surface area contributed by atoms with Gasteiger partial charge in [0.1, 0.15) is 6.10 Å². The molecule has 2 N–H and O–H groups in total. The molecule has 1 aromatic heterocycles. The molecule has 1 aliphatic carbocycles. The van der Waals surface area contributed by atoms with E-state index in [1.807, 2.05) is 0 Å². The number of ether oxygens (including phenoxy) is 1. The molecule has 1 saturated carbocycles. The summed E-state index contributed by atoms with van der Waals surface area (Å²) < 4.78 is 5.55. The fourth-order valence-electron chi connectivity index (χ4n) is 1.48. The third-order valence-corrected chi connectivity index (χ3v) is 2.35. The second-order valence-corrected chi connectivity index (χ2v) is 3.36. The Bertz CT molecular complexity index is 259. The summed E-state index contributed by atoms with van der Waals surface area (Å²) in [4.78, 5) is 7.96. The van der Waals surface area contributed by atoms with Crippen molar-refractivity contribution in [1.82, 2.24) is 9.97 Å². The van der Waals surface area contributed by atoms with Gasteiger partial charge in [0, 0.05) is 12.4 Å². The predicted molar refractivity (Wildman–Crippen MR) is 48.2 cm³/mol. The molecule has 4 heteroatoms. The number of hydrogen-bond donors (Lipinski definition) is 1. The summed E-state index contributed by atoms with van der Waals surface area (Å²) in [6.45, 7) is 0.764. The van der Waals surface area contributed by atoms with Crippen molar-refractivity contribution in [2.75, 3.05) is 6.54 Å². The molecular weight excluding hydrogens is 166 g/mol. The fraction of sp³-hybridized carbons (Fsp3) is 0.556. The van der Waals surface area contributed by atoms with Crippen LogP contribution in [0.2, 0.25) is 0 Å². The topological polar surface area (TPSA) is 61.0 Å². The van der Waals surface area contributed by atoms with Gasteiger partial charge < -0.3 is 10.5 Å². The van der Waals surface area contributed by atoms with Crippen LogP contribution >= 0.6 is 0 Å². The van der Waals surface area contributed by atoms with Gasteiger partial charge >= 0.3 is 0 Å². The Morgan fingerprint density at radius 2 is 2.31 bits per heavy atom. The lowest BCUT2D eigenvalue weighted by Crippen LogP contribution is -2.37. The average molecular weight is 179 g/mol. The van der Waals surface area contributed by atoms with Crippen molar-refractivity contribution < 1.29 is 4.74 Å². The monoisotopic (exact) mass is 179 g/mol. The molecule has 0 unspecified atom stereocenters. The minimum atomic E-state index is 0.297. The molecule has 0 bridgehead atoms. The van der Waals surface area contributed by atoms with Crippen LogP contribution < -0.4 is 10.5 Å². The van der Waals surface area contributed by atoms with Gasteiger partial charge in [-0.15, -0.1) is 0 Å². The van der Waals surface area contributed by atoms with Crippen LogP contribution in [0.4, 0.5) is 0 Å². The van der Waals surface area contributed by atoms with E-state index in [1.165, 1.54) is 0 Å². The maximum absolute atomic E-state index is 5.55. The van der Waals surface area contributed by atoms with Crippen LogP contribution in [-0.4, -0.2) is 22.6 Å². The van der Waals surface area contributed by atoms with Gasteiger partial charge in [-0.2, -0.15) is 0 Å². The highest BCUT2D eigenvalue weighted by atomic mass is 16.5. The maximum Gasteiger partial charge on any atom is 0.232 e. The fourth-order valence-corrected chi connectivity index (χ4v) is 1.48. The van der Waals surface area contributed by atoms with Gasteiger partial charge in [0.2, 0.25) is 5.88 Å². The third kappa shape index (κ3) is 1.95. The molecule has 1 fully saturated rings. The normalized spacial score (nSPS) is 26.5. The highest BCUT2D eigenvalue weighted by Crippen LogP contribution is 2.29. The first-order valence-corrected chi connectivity index (χ1v) is 4.51. The van der Waals surface area contributed by atoms with Gasteiger partial charge in [0.25, 0.3) is 0 Å². The largest absolute Gasteiger partial charge is 0.473 e. The molecule has 0 atom stereocenters. The third-order valence-electron chi connectivity index (χ3n) is 2.35. The Morgan fingerprint density at radius 1 is 1.46 bits per heavy atom. The van der Waals surface area contributed by atoms with Crippen LogP contribution in [0.5, 0.6) is 5.88 Å². The van der Waals surface area contributed by atoms with Crippen molar-refractivity contribution in [3.05, 3.63) is 18.6 Å². The number of hydrogen-bond acceptors (Lipinski definition) is 4. The van der Waals surface area contributed by atoms with Crippen molar-refractivity contribution in [1.29, 1.82) is 0 Å². The minimum absolute atomic E-state index is 0.297. The van der Waals surface area contributed by atoms with Gasteiger partial charge in [0.15, 0.2) is 0 Å². The van der Waals surface area contributed by atoms with Crippen molar-refractivity contribution in [3.8, 4) is 5.88 Å². The molecular formula is C9H13N3O. The Balaban J connectivity index is 1.81. The molecule has 0 radical (unpaired) electrons. The zero-order chi connectivity index (χ0) is 9.10. The molecule has 0 aromatic carbocycles. The highest BCUT2D eigenvalue weighted by molar-refractivity contribution is 5.03. The van der Waals surface area contributed by atoms with E-state index in [2.05, 4.69) is 9.97 Å². The lowest BCUT2D eigenvalue weighted by Gasteiger charge is -2.33. The van der Waals surface area contributed by atoms with Crippen molar-refractivity contribution in [3.63, 3.8) is 0 Å². The molecule has 70 valence electrons. The molecule has 1 heterocycles. The summed E-state index contributed by atoms with van der Waals surface area (Å²) in [6, 6.07) is 0. The smallest absolute Gasteiger partial charge is 0.232 e. The Morgan fingerprint density at radius 3 is 2.92 bits per heavy atom. The van der Waals surface area contributed by atoms with Crippen molar-refractivity contribution in [2.24, 2.45) is 11.7 Å². The Labute approximate surface area is 77.1 Å². The first-order valence-electron chi connectivity index (χ1n) is 4.51. The van der Waals surface area contributed by atoms with Crippen molar-refractivity contribution in [2.45, 2.75) is 18.9 Å². The summed E-state index contributed by atoms with van der Waals surface area (Å²) in [5, 5.41) is 0. The molecule has 1 aromatic rings. The summed E-state index contributed by atoms with van der Waals surface area (Å²) in [7, 11) is 0. The standard InChI is InChI=1S/C9H13N3O/c10-5-7-3-8(4-7)13-9-6-11-1-2-12-9/h1-2,6-8H,3-5,10H2. The molecule has 0 spiro atoms. The molecule has 4 nitrogen and oxygen atoms in total. The first-order chi connectivity index (χ1) is 6.38. The second-order valence-electron chi connectivity index (χ2n) is 3.36. The van der Waals surface area contributed by atoms with Crippen LogP contribution in [-0.2, 0) is 0 Å². The van der Waals surface area contributed by atoms with Crippen LogP contribution in [0.3, 0.4) is 0 Å². The zero-order valence-electron chi connectivity index (χ0n) is 7.39. The molecule has 0 saturated heterocycles. The minimum Gasteiger partial charge on any atom is -0.473 e. The zero-order valence-corrected chi connectivity index (χ0v) is 7.39. The average Bonchev–Trinajstić information content (AvgIpc) is 2.12. The first kappa shape index (κ1) is 8.44. The number of nitrogens with zero attached hydrogens (tertiary/aromatic N) is 2. The van der Waals surface area contributed by atoms with E-state index < -0.39 is 0 Å². The van der Waals surface area contributed by atoms with Crippen LogP contribution in [0.15, 0.2) is 18.6 Å². The SMILES string of the molecule is NCC1CC(Oc2cnccn2)C1. The number of rotatable bonds is 3. The molecule has 0 aliphatic heterocycles. The molecule has 13 heavy (non-hydrogen) atoms. The summed E-state index contributed by atoms with van der Waals surface area (Å²) in [6.07, 6.45) is 7.30. The number of aromatic nitrogens is 2. The second kappa shape index (κ2) is 3.70. The summed E-state index contributed by atoms with van der Waals surface area (Å²) in [5.41, 5.74) is 5.51. The van der Waals surface area contributed by atoms with Crippen LogP contribution in [0.25, 0.3) is 0 Å². The van der Waals surface area contributed by atoms with Gasteiger partial charge in [-0.25, -0.2) is 4.98 Å². The van der Waals surface area contributed by atoms with Crippen LogP contribution in [0, 0.1) is 5.92 Å². The summed E-state index contributed by atoms with van der Waals surface area (Å²) in [5.74, 6) is 1.25. The van der Waals surface area contributed by atoms with E-state index in [-0.39, 0.29) is 0 Å². The Hall–Kier alpha value is -1.16. The van der Waals surface area contributed by atoms with Gasteiger partial charge in [0.05, 0.1) is 6.20 Å². The molecule has 0 amide bonds. The van der Waals surface area contributed by atoms with Crippen molar-refractivity contribution >= 4 is 0 Å². The molecule has 2 rings (SSSR count). The van der Waals surface area contributed by atoms with E-state index in [4.69, 9.17) is 10.5 Å². The maximum atomic E-state index is 5.55. The quantitative estimate of drug-likeness (QED) is 0.737. The van der Waals surface area contributed by atoms with E-state index >= 15 is 0 Å². The lowest BCUT2D eigenvalue weighted by atomic mass is 9.82. The predicted octanol–water partition coefficient (Wildman–Crippen LogP) is 0.593. The van der Waals surface area contributed by atoms with Gasteiger partial charge in [-0.05, 0) is 25.3 Å². The van der Waals surface area contributed by atoms with E-state index in [0.717, 1.165) is 19.4 Å². The van der Waals surface area contributed by atoms with Gasteiger partial charge in [-0.3, -0.25) is 4.98 Å². The van der Waals surface area contributed by atoms with E-state index in [0.29, 0.717) is 17.9 Å². The molecule has 1 aliphatic rings. The van der Waals surface area contributed by atoms with E-state index in [1.54, 1.807) is 18.6 Å². The van der Waals surface area contributed by atoms with Crippen LogP contribution in [0.1, 0.15) is 12.8 Å². The lowest BCUT2D eigenvalue weighted by molar-refractivity contribution is 0.0645. The van der Waals surface area contributed by atoms with Gasteiger partial charge in [-0.1, -0.05) is 0 Å². The summed E-state index contributed by atoms with van der Waals surface area (Å²) >= 11 is 0. The number of nitrogens with two attached hydrogens (primary N) is 1. The highest BCUT2D eigenvalue weighted by Gasteiger charge is 2.29. The van der Waals surface area contributed by atoms with E-state index in [9.17, 15) is 0 Å². The Kier molecular flexibility index (Phi) is 2.40.